The van der Waals surface area contributed by atoms with Gasteiger partial charge in [-0.2, -0.15) is 5.10 Å². The number of aromatic amines is 1. The zero-order valence-corrected chi connectivity index (χ0v) is 10.3. The van der Waals surface area contributed by atoms with Crippen LogP contribution in [0, 0.1) is 0 Å². The van der Waals surface area contributed by atoms with Crippen LogP contribution in [0.4, 0.5) is 11.8 Å². The lowest BCUT2D eigenvalue weighted by molar-refractivity contribution is 0.198. The summed E-state index contributed by atoms with van der Waals surface area (Å²) in [6, 6.07) is 3.07. The van der Waals surface area contributed by atoms with E-state index in [1.165, 1.54) is 12.1 Å². The maximum absolute atomic E-state index is 10.8. The molecule has 0 saturated heterocycles. The summed E-state index contributed by atoms with van der Waals surface area (Å²) in [6.07, 6.45) is 0. The van der Waals surface area contributed by atoms with E-state index in [9.17, 15) is 4.79 Å². The third-order valence-electron chi connectivity index (χ3n) is 2.14. The number of aromatic nitrogens is 4. The number of hydrogen-bond acceptors (Lipinski definition) is 8. The lowest BCUT2D eigenvalue weighted by atomic mass is 10.5. The molecular formula is C10H14N6O3. The topological polar surface area (TPSA) is 118 Å². The second-order valence-corrected chi connectivity index (χ2v) is 3.60. The second-order valence-electron chi connectivity index (χ2n) is 3.60. The lowest BCUT2D eigenvalue weighted by Crippen LogP contribution is -2.18. The fourth-order valence-electron chi connectivity index (χ4n) is 1.27. The molecule has 0 aliphatic carbocycles. The molecule has 0 atom stereocenters. The van der Waals surface area contributed by atoms with Gasteiger partial charge in [-0.15, -0.1) is 5.10 Å². The van der Waals surface area contributed by atoms with Gasteiger partial charge in [-0.05, 0) is 6.07 Å². The predicted octanol–water partition coefficient (Wildman–Crippen LogP) is -0.367. The Morgan fingerprint density at radius 2 is 2.32 bits per heavy atom. The number of nitrogens with one attached hydrogen (secondary N) is 3. The quantitative estimate of drug-likeness (QED) is 0.581. The van der Waals surface area contributed by atoms with Crippen molar-refractivity contribution in [3.8, 4) is 0 Å². The van der Waals surface area contributed by atoms with Crippen LogP contribution in [0.5, 0.6) is 0 Å². The van der Waals surface area contributed by atoms with Crippen molar-refractivity contribution in [1.29, 1.82) is 0 Å². The van der Waals surface area contributed by atoms with Crippen molar-refractivity contribution >= 4 is 11.8 Å². The molecule has 0 aromatic carbocycles. The fraction of sp³-hybridized carbons (Fsp3) is 0.400. The average molecular weight is 266 g/mol. The van der Waals surface area contributed by atoms with Crippen LogP contribution in [-0.2, 0) is 11.3 Å². The Kier molecular flexibility index (Phi) is 4.59. The van der Waals surface area contributed by atoms with E-state index in [2.05, 4.69) is 31.0 Å². The zero-order chi connectivity index (χ0) is 13.5. The minimum Gasteiger partial charge on any atom is -0.406 e. The van der Waals surface area contributed by atoms with Gasteiger partial charge in [0.2, 0.25) is 5.89 Å². The normalized spacial score (nSPS) is 10.6. The third-order valence-corrected chi connectivity index (χ3v) is 2.14. The largest absolute Gasteiger partial charge is 0.406 e. The van der Waals surface area contributed by atoms with Crippen molar-refractivity contribution in [2.45, 2.75) is 6.54 Å². The maximum atomic E-state index is 10.8. The average Bonchev–Trinajstić information content (AvgIpc) is 2.85. The molecule has 0 radical (unpaired) electrons. The summed E-state index contributed by atoms with van der Waals surface area (Å²) >= 11 is 0. The van der Waals surface area contributed by atoms with E-state index in [-0.39, 0.29) is 11.6 Å². The number of H-pyrrole nitrogens is 1. The van der Waals surface area contributed by atoms with E-state index in [1.54, 1.807) is 7.11 Å². The van der Waals surface area contributed by atoms with Gasteiger partial charge in [0.05, 0.1) is 13.2 Å². The summed E-state index contributed by atoms with van der Waals surface area (Å²) < 4.78 is 10.2. The standard InChI is InChI=1S/C10H14N6O3/c1-18-5-4-11-6-9-15-16-10(19-9)12-7-2-3-8(17)14-13-7/h2-3,11H,4-6H2,1H3,(H,14,17)(H,12,13,16). The number of methoxy groups -OCH3 is 1. The molecule has 3 N–H and O–H groups in total. The first kappa shape index (κ1) is 13.2. The summed E-state index contributed by atoms with van der Waals surface area (Å²) in [6.45, 7) is 1.76. The van der Waals surface area contributed by atoms with E-state index < -0.39 is 0 Å². The van der Waals surface area contributed by atoms with Gasteiger partial charge in [0.15, 0.2) is 5.82 Å². The minimum atomic E-state index is -0.279. The van der Waals surface area contributed by atoms with Crippen molar-refractivity contribution in [2.75, 3.05) is 25.6 Å². The number of hydrogen-bond donors (Lipinski definition) is 3. The van der Waals surface area contributed by atoms with Crippen molar-refractivity contribution in [3.63, 3.8) is 0 Å². The highest BCUT2D eigenvalue weighted by Gasteiger charge is 2.06. The summed E-state index contributed by atoms with van der Waals surface area (Å²) in [7, 11) is 1.63. The predicted molar refractivity (Wildman–Crippen MR) is 66.0 cm³/mol. The molecule has 0 spiro atoms. The molecule has 0 amide bonds. The van der Waals surface area contributed by atoms with Gasteiger partial charge >= 0.3 is 6.01 Å². The first-order valence-electron chi connectivity index (χ1n) is 5.63. The zero-order valence-electron chi connectivity index (χ0n) is 10.3. The van der Waals surface area contributed by atoms with Crippen LogP contribution in [0.25, 0.3) is 0 Å². The van der Waals surface area contributed by atoms with Crippen molar-refractivity contribution in [3.05, 3.63) is 28.4 Å². The van der Waals surface area contributed by atoms with Crippen LogP contribution < -0.4 is 16.2 Å². The van der Waals surface area contributed by atoms with Crippen LogP contribution in [-0.4, -0.2) is 40.7 Å². The Morgan fingerprint density at radius 3 is 3.05 bits per heavy atom. The van der Waals surface area contributed by atoms with Crippen molar-refractivity contribution < 1.29 is 9.15 Å². The number of ether oxygens (including phenoxy) is 1. The summed E-state index contributed by atoms with van der Waals surface area (Å²) in [5, 5.41) is 19.6. The fourth-order valence-corrected chi connectivity index (χ4v) is 1.27. The molecule has 0 aliphatic rings. The van der Waals surface area contributed by atoms with E-state index in [1.807, 2.05) is 0 Å². The van der Waals surface area contributed by atoms with Gasteiger partial charge in [0.25, 0.3) is 5.56 Å². The van der Waals surface area contributed by atoms with Gasteiger partial charge in [-0.25, -0.2) is 5.10 Å². The SMILES string of the molecule is COCCNCc1nnc(Nc2ccc(=O)[nH]n2)o1. The van der Waals surface area contributed by atoms with Gasteiger partial charge in [0.1, 0.15) is 0 Å². The molecule has 0 aliphatic heterocycles. The molecule has 0 bridgehead atoms. The Labute approximate surface area is 108 Å². The van der Waals surface area contributed by atoms with Crippen LogP contribution in [0.1, 0.15) is 5.89 Å². The molecule has 19 heavy (non-hydrogen) atoms. The van der Waals surface area contributed by atoms with Crippen LogP contribution in [0.2, 0.25) is 0 Å². The molecule has 0 saturated carbocycles. The van der Waals surface area contributed by atoms with Gasteiger partial charge < -0.3 is 14.5 Å². The summed E-state index contributed by atoms with van der Waals surface area (Å²) in [4.78, 5) is 10.8. The molecule has 2 rings (SSSR count). The van der Waals surface area contributed by atoms with Crippen molar-refractivity contribution in [2.24, 2.45) is 0 Å². The molecule has 9 heteroatoms. The Bertz CT molecular complexity index is 546. The van der Waals surface area contributed by atoms with Gasteiger partial charge in [0, 0.05) is 19.7 Å². The molecule has 2 heterocycles. The highest BCUT2D eigenvalue weighted by atomic mass is 16.5. The van der Waals surface area contributed by atoms with E-state index in [0.717, 1.165) is 0 Å². The first-order chi connectivity index (χ1) is 9.28. The maximum Gasteiger partial charge on any atom is 0.321 e. The summed E-state index contributed by atoms with van der Waals surface area (Å²) in [5.74, 6) is 0.866. The monoisotopic (exact) mass is 266 g/mol. The van der Waals surface area contributed by atoms with E-state index >= 15 is 0 Å². The lowest BCUT2D eigenvalue weighted by Gasteiger charge is -1.99. The molecule has 0 fully saturated rings. The third kappa shape index (κ3) is 4.16. The number of nitrogens with zero attached hydrogens (tertiary/aromatic N) is 3. The molecule has 2 aromatic rings. The highest BCUT2D eigenvalue weighted by molar-refractivity contribution is 5.43. The highest BCUT2D eigenvalue weighted by Crippen LogP contribution is 2.10. The second kappa shape index (κ2) is 6.61. The number of rotatable bonds is 7. The van der Waals surface area contributed by atoms with Gasteiger partial charge in [-0.1, -0.05) is 5.10 Å². The van der Waals surface area contributed by atoms with E-state index in [0.29, 0.717) is 31.4 Å². The molecular weight excluding hydrogens is 252 g/mol. The Morgan fingerprint density at radius 1 is 1.42 bits per heavy atom. The molecule has 0 unspecified atom stereocenters. The van der Waals surface area contributed by atoms with Crippen LogP contribution in [0.15, 0.2) is 21.3 Å². The minimum absolute atomic E-state index is 0.211. The Balaban J connectivity index is 1.86. The van der Waals surface area contributed by atoms with Gasteiger partial charge in [-0.3, -0.25) is 10.1 Å². The van der Waals surface area contributed by atoms with Crippen LogP contribution >= 0.6 is 0 Å². The first-order valence-corrected chi connectivity index (χ1v) is 5.63. The van der Waals surface area contributed by atoms with E-state index in [4.69, 9.17) is 9.15 Å². The smallest absolute Gasteiger partial charge is 0.321 e. The van der Waals surface area contributed by atoms with Crippen molar-refractivity contribution in [1.82, 2.24) is 25.7 Å². The molecule has 102 valence electrons. The number of anilines is 2. The Hall–Kier alpha value is -2.26. The summed E-state index contributed by atoms with van der Waals surface area (Å²) in [5.41, 5.74) is -0.279. The molecule has 2 aromatic heterocycles. The molecule has 9 nitrogen and oxygen atoms in total. The van der Waals surface area contributed by atoms with Crippen LogP contribution in [0.3, 0.4) is 0 Å².